The number of nitrogens with zero attached hydrogens (tertiary/aromatic N) is 3. The second kappa shape index (κ2) is 8.19. The van der Waals surface area contributed by atoms with Crippen LogP contribution in [0.25, 0.3) is 21.5 Å². The maximum Gasteiger partial charge on any atom is 0.276 e. The average Bonchev–Trinajstić information content (AvgIpc) is 3.14. The molecule has 0 spiro atoms. The molecule has 3 aromatic heterocycles. The molecule has 0 saturated heterocycles. The number of fused-ring (bicyclic) bond motifs is 1. The summed E-state index contributed by atoms with van der Waals surface area (Å²) >= 11 is 1.20. The number of anilines is 1. The van der Waals surface area contributed by atoms with Gasteiger partial charge in [0.1, 0.15) is 29.1 Å². The third-order valence-corrected chi connectivity index (χ3v) is 5.21. The van der Waals surface area contributed by atoms with Gasteiger partial charge in [0.2, 0.25) is 0 Å². The number of aliphatic hydroxyl groups is 2. The Kier molecular flexibility index (Phi) is 5.44. The van der Waals surface area contributed by atoms with Gasteiger partial charge in [-0.05, 0) is 30.3 Å². The lowest BCUT2D eigenvalue weighted by atomic mass is 10.1. The Morgan fingerprint density at radius 3 is 2.67 bits per heavy atom. The van der Waals surface area contributed by atoms with Gasteiger partial charge in [0.15, 0.2) is 5.13 Å². The van der Waals surface area contributed by atoms with Crippen LogP contribution in [0.5, 0.6) is 0 Å². The topological polar surface area (TPSA) is 108 Å². The molecule has 1 aromatic carbocycles. The van der Waals surface area contributed by atoms with Crippen LogP contribution in [0, 0.1) is 11.6 Å². The van der Waals surface area contributed by atoms with Crippen LogP contribution in [-0.4, -0.2) is 37.7 Å². The third-order valence-electron chi connectivity index (χ3n) is 4.26. The van der Waals surface area contributed by atoms with Crippen LogP contribution in [0.15, 0.2) is 48.8 Å². The molecule has 1 unspecified atom stereocenters. The second-order valence-corrected chi connectivity index (χ2v) is 7.35. The molecule has 3 N–H and O–H groups in total. The smallest absolute Gasteiger partial charge is 0.276 e. The Bertz CT molecular complexity index is 1230. The molecule has 30 heavy (non-hydrogen) atoms. The quantitative estimate of drug-likeness (QED) is 0.450. The van der Waals surface area contributed by atoms with E-state index in [4.69, 9.17) is 5.11 Å². The largest absolute Gasteiger partial charge is 0.393 e. The van der Waals surface area contributed by atoms with Gasteiger partial charge in [-0.3, -0.25) is 20.1 Å². The lowest BCUT2D eigenvalue weighted by molar-refractivity contribution is 0.0951. The summed E-state index contributed by atoms with van der Waals surface area (Å²) in [7, 11) is 0. The van der Waals surface area contributed by atoms with Crippen molar-refractivity contribution in [2.45, 2.75) is 6.10 Å². The molecule has 152 valence electrons. The van der Waals surface area contributed by atoms with Crippen LogP contribution in [-0.2, 0) is 0 Å². The van der Waals surface area contributed by atoms with E-state index in [0.717, 1.165) is 10.8 Å². The highest BCUT2D eigenvalue weighted by atomic mass is 32.1. The van der Waals surface area contributed by atoms with Crippen molar-refractivity contribution < 1.29 is 23.8 Å². The van der Waals surface area contributed by atoms with Crippen molar-refractivity contribution in [1.82, 2.24) is 15.0 Å². The maximum absolute atomic E-state index is 14.3. The van der Waals surface area contributed by atoms with Gasteiger partial charge in [0.25, 0.3) is 5.91 Å². The number of nitrogens with one attached hydrogen (secondary N) is 1. The summed E-state index contributed by atoms with van der Waals surface area (Å²) < 4.78 is 28.3. The van der Waals surface area contributed by atoms with Crippen molar-refractivity contribution >= 4 is 32.6 Å². The Labute approximate surface area is 172 Å². The van der Waals surface area contributed by atoms with Crippen LogP contribution >= 0.6 is 11.3 Å². The van der Waals surface area contributed by atoms with Gasteiger partial charge >= 0.3 is 0 Å². The number of rotatable bonds is 5. The highest BCUT2D eigenvalue weighted by molar-refractivity contribution is 7.22. The van der Waals surface area contributed by atoms with Crippen LogP contribution in [0.1, 0.15) is 22.2 Å². The summed E-state index contributed by atoms with van der Waals surface area (Å²) in [5.74, 6) is -1.63. The van der Waals surface area contributed by atoms with Gasteiger partial charge in [-0.1, -0.05) is 11.3 Å². The van der Waals surface area contributed by atoms with Crippen LogP contribution in [0.3, 0.4) is 0 Å². The highest BCUT2D eigenvalue weighted by Gasteiger charge is 2.15. The van der Waals surface area contributed by atoms with Gasteiger partial charge in [-0.25, -0.2) is 13.8 Å². The van der Waals surface area contributed by atoms with E-state index in [0.29, 0.717) is 16.2 Å². The van der Waals surface area contributed by atoms with E-state index in [2.05, 4.69) is 20.3 Å². The van der Waals surface area contributed by atoms with Crippen molar-refractivity contribution in [2.75, 3.05) is 11.9 Å². The van der Waals surface area contributed by atoms with E-state index in [1.165, 1.54) is 48.0 Å². The monoisotopic (exact) mass is 428 g/mol. The van der Waals surface area contributed by atoms with Gasteiger partial charge < -0.3 is 10.2 Å². The number of hydrogen-bond acceptors (Lipinski definition) is 7. The number of benzene rings is 1. The Morgan fingerprint density at radius 1 is 1.13 bits per heavy atom. The number of halogens is 2. The molecule has 0 aliphatic carbocycles. The molecule has 0 radical (unpaired) electrons. The molecule has 1 atom stereocenters. The number of thiazole rings is 1. The number of aromatic nitrogens is 3. The fourth-order valence-corrected chi connectivity index (χ4v) is 3.58. The zero-order chi connectivity index (χ0) is 21.3. The Morgan fingerprint density at radius 2 is 1.97 bits per heavy atom. The first kappa shape index (κ1) is 20.0. The summed E-state index contributed by atoms with van der Waals surface area (Å²) in [4.78, 5) is 24.6. The van der Waals surface area contributed by atoms with E-state index in [1.54, 1.807) is 6.07 Å². The summed E-state index contributed by atoms with van der Waals surface area (Å²) in [6.07, 6.45) is 1.34. The highest BCUT2D eigenvalue weighted by Crippen LogP contribution is 2.27. The molecule has 0 saturated carbocycles. The Hall–Kier alpha value is -3.34. The molecule has 0 bridgehead atoms. The fourth-order valence-electron chi connectivity index (χ4n) is 2.74. The zero-order valence-corrected chi connectivity index (χ0v) is 16.0. The van der Waals surface area contributed by atoms with Crippen molar-refractivity contribution in [3.8, 4) is 11.3 Å². The summed E-state index contributed by atoms with van der Waals surface area (Å²) in [5.41, 5.74) is 1.01. The molecule has 4 rings (SSSR count). The molecular weight excluding hydrogens is 414 g/mol. The lowest BCUT2D eigenvalue weighted by Gasteiger charge is -2.09. The van der Waals surface area contributed by atoms with Crippen molar-refractivity contribution in [1.29, 1.82) is 0 Å². The molecule has 0 fully saturated rings. The van der Waals surface area contributed by atoms with Crippen molar-refractivity contribution in [3.63, 3.8) is 0 Å². The van der Waals surface area contributed by atoms with E-state index in [9.17, 15) is 18.7 Å². The van der Waals surface area contributed by atoms with Gasteiger partial charge in [0, 0.05) is 29.6 Å². The van der Waals surface area contributed by atoms with Crippen LogP contribution in [0.4, 0.5) is 13.9 Å². The summed E-state index contributed by atoms with van der Waals surface area (Å²) in [6.45, 7) is -0.546. The second-order valence-electron chi connectivity index (χ2n) is 6.31. The molecule has 0 aliphatic rings. The van der Waals surface area contributed by atoms with E-state index < -0.39 is 30.3 Å². The molecule has 0 aliphatic heterocycles. The SMILES string of the molecule is O=C(Nc1nc2cc(F)ccc2s1)c1ccc(-c2ncc(C(O)CO)cc2F)cn1. The number of aliphatic hydroxyl groups excluding tert-OH is 2. The molecule has 4 aromatic rings. The Balaban J connectivity index is 1.52. The maximum atomic E-state index is 14.3. The molecule has 7 nitrogen and oxygen atoms in total. The van der Waals surface area contributed by atoms with E-state index in [-0.39, 0.29) is 17.0 Å². The standard InChI is InChI=1S/C20H14F2N4O3S/c21-12-2-4-17-15(6-12)25-20(30-17)26-19(29)14-3-1-10(7-23-14)18-13(22)5-11(8-24-18)16(28)9-27/h1-8,16,27-28H,9H2,(H,25,26,29). The molecule has 1 amide bonds. The number of hydrogen-bond donors (Lipinski definition) is 3. The predicted molar refractivity (Wildman–Crippen MR) is 107 cm³/mol. The predicted octanol–water partition coefficient (Wildman–Crippen LogP) is 3.31. The molecule has 3 heterocycles. The minimum Gasteiger partial charge on any atom is -0.393 e. The number of carbonyl (C=O) groups excluding carboxylic acids is 1. The normalized spacial score (nSPS) is 12.1. The van der Waals surface area contributed by atoms with Crippen LogP contribution in [0.2, 0.25) is 0 Å². The van der Waals surface area contributed by atoms with E-state index >= 15 is 0 Å². The number of carbonyl (C=O) groups is 1. The zero-order valence-electron chi connectivity index (χ0n) is 15.2. The lowest BCUT2D eigenvalue weighted by Crippen LogP contribution is -2.13. The first-order valence-electron chi connectivity index (χ1n) is 8.73. The molecular formula is C20H14F2N4O3S. The minimum absolute atomic E-state index is 0.00320. The van der Waals surface area contributed by atoms with E-state index in [1.807, 2.05) is 0 Å². The number of pyridine rings is 2. The van der Waals surface area contributed by atoms with Gasteiger partial charge in [-0.15, -0.1) is 0 Å². The third kappa shape index (κ3) is 4.01. The van der Waals surface area contributed by atoms with Crippen molar-refractivity contribution in [2.24, 2.45) is 0 Å². The average molecular weight is 428 g/mol. The minimum atomic E-state index is -1.22. The first-order chi connectivity index (χ1) is 14.4. The fraction of sp³-hybridized carbons (Fsp3) is 0.100. The van der Waals surface area contributed by atoms with Gasteiger partial charge in [0.05, 0.1) is 16.8 Å². The number of amides is 1. The first-order valence-corrected chi connectivity index (χ1v) is 9.54. The molecule has 10 heteroatoms. The summed E-state index contributed by atoms with van der Waals surface area (Å²) in [5, 5.41) is 21.4. The van der Waals surface area contributed by atoms with Gasteiger partial charge in [-0.2, -0.15) is 0 Å². The summed E-state index contributed by atoms with van der Waals surface area (Å²) in [6, 6.07) is 8.16. The van der Waals surface area contributed by atoms with Crippen molar-refractivity contribution in [3.05, 3.63) is 71.7 Å². The van der Waals surface area contributed by atoms with Crippen LogP contribution < -0.4 is 5.32 Å².